The zero-order chi connectivity index (χ0) is 12.0. The number of rotatable bonds is 6. The maximum Gasteiger partial charge on any atom is 0.0905 e. The number of ether oxygens (including phenoxy) is 1. The molecule has 94 valence electrons. The summed E-state index contributed by atoms with van der Waals surface area (Å²) in [6, 6.07) is 0. The fraction of sp³-hybridized carbons (Fsp3) is 0.917. The molecule has 0 radical (unpaired) electrons. The highest BCUT2D eigenvalue weighted by Crippen LogP contribution is 2.19. The number of amidine groups is 1. The summed E-state index contributed by atoms with van der Waals surface area (Å²) in [6.07, 6.45) is 4.51. The number of hydrogen-bond donors (Lipinski definition) is 2. The molecule has 0 aliphatic carbocycles. The fourth-order valence-corrected chi connectivity index (χ4v) is 2.26. The van der Waals surface area contributed by atoms with E-state index in [9.17, 15) is 0 Å². The van der Waals surface area contributed by atoms with Crippen molar-refractivity contribution in [2.45, 2.75) is 38.7 Å². The normalized spacial score (nSPS) is 26.9. The summed E-state index contributed by atoms with van der Waals surface area (Å²) in [7, 11) is 1.81. The van der Waals surface area contributed by atoms with Crippen LogP contribution in [0.15, 0.2) is 0 Å². The lowest BCUT2D eigenvalue weighted by Crippen LogP contribution is -2.44. The van der Waals surface area contributed by atoms with Crippen molar-refractivity contribution in [3.8, 4) is 0 Å². The van der Waals surface area contributed by atoms with Crippen LogP contribution < -0.4 is 5.73 Å². The van der Waals surface area contributed by atoms with Crippen molar-refractivity contribution in [3.05, 3.63) is 0 Å². The molecule has 1 aliphatic heterocycles. The molecule has 0 bridgehead atoms. The van der Waals surface area contributed by atoms with Crippen LogP contribution in [-0.4, -0.2) is 43.6 Å². The number of nitrogens with two attached hydrogens (primary N) is 1. The zero-order valence-corrected chi connectivity index (χ0v) is 10.5. The van der Waals surface area contributed by atoms with Crippen molar-refractivity contribution in [3.63, 3.8) is 0 Å². The summed E-state index contributed by atoms with van der Waals surface area (Å²) in [4.78, 5) is 2.47. The first kappa shape index (κ1) is 13.5. The lowest BCUT2D eigenvalue weighted by Gasteiger charge is -2.36. The zero-order valence-electron chi connectivity index (χ0n) is 10.5. The van der Waals surface area contributed by atoms with E-state index >= 15 is 0 Å². The van der Waals surface area contributed by atoms with Gasteiger partial charge in [0.15, 0.2) is 0 Å². The average Bonchev–Trinajstić information content (AvgIpc) is 2.26. The fourth-order valence-electron chi connectivity index (χ4n) is 2.26. The highest BCUT2D eigenvalue weighted by molar-refractivity contribution is 5.76. The third-order valence-corrected chi connectivity index (χ3v) is 3.45. The van der Waals surface area contributed by atoms with Gasteiger partial charge in [0, 0.05) is 20.1 Å². The van der Waals surface area contributed by atoms with Crippen LogP contribution in [0.25, 0.3) is 0 Å². The van der Waals surface area contributed by atoms with Crippen molar-refractivity contribution in [2.75, 3.05) is 26.7 Å². The molecule has 0 saturated carbocycles. The van der Waals surface area contributed by atoms with E-state index in [1.807, 2.05) is 0 Å². The highest BCUT2D eigenvalue weighted by atomic mass is 16.5. The van der Waals surface area contributed by atoms with E-state index in [1.54, 1.807) is 7.11 Å². The summed E-state index contributed by atoms with van der Waals surface area (Å²) < 4.78 is 5.48. The second-order valence-corrected chi connectivity index (χ2v) is 4.82. The van der Waals surface area contributed by atoms with E-state index < -0.39 is 0 Å². The smallest absolute Gasteiger partial charge is 0.0905 e. The molecule has 4 heteroatoms. The molecule has 1 heterocycles. The molecule has 1 aliphatic rings. The third kappa shape index (κ3) is 4.49. The Hall–Kier alpha value is -0.610. The monoisotopic (exact) mass is 227 g/mol. The average molecular weight is 227 g/mol. The van der Waals surface area contributed by atoms with Gasteiger partial charge >= 0.3 is 0 Å². The number of nitrogens with one attached hydrogen (secondary N) is 1. The van der Waals surface area contributed by atoms with Crippen molar-refractivity contribution >= 4 is 5.84 Å². The summed E-state index contributed by atoms with van der Waals surface area (Å²) in [5.41, 5.74) is 5.32. The summed E-state index contributed by atoms with van der Waals surface area (Å²) in [5, 5.41) is 7.15. The SMILES string of the molecule is COC1CN(CCCCC(=N)N)CCC1C. The van der Waals surface area contributed by atoms with Crippen molar-refractivity contribution < 1.29 is 4.74 Å². The van der Waals surface area contributed by atoms with Gasteiger partial charge in [-0.05, 0) is 38.3 Å². The van der Waals surface area contributed by atoms with E-state index in [0.717, 1.165) is 32.4 Å². The number of likely N-dealkylation sites (tertiary alicyclic amines) is 1. The summed E-state index contributed by atoms with van der Waals surface area (Å²) in [5.74, 6) is 0.987. The lowest BCUT2D eigenvalue weighted by molar-refractivity contribution is -0.00518. The lowest BCUT2D eigenvalue weighted by atomic mass is 9.95. The van der Waals surface area contributed by atoms with Gasteiger partial charge in [-0.1, -0.05) is 6.92 Å². The van der Waals surface area contributed by atoms with Crippen LogP contribution in [0.3, 0.4) is 0 Å². The molecule has 0 spiro atoms. The van der Waals surface area contributed by atoms with Gasteiger partial charge in [0.05, 0.1) is 11.9 Å². The predicted molar refractivity (Wildman–Crippen MR) is 66.8 cm³/mol. The standard InChI is InChI=1S/C12H25N3O/c1-10-6-8-15(9-11(10)16-2)7-4-3-5-12(13)14/h10-11H,3-9H2,1-2H3,(H3,13,14). The maximum atomic E-state index is 7.15. The van der Waals surface area contributed by atoms with E-state index in [2.05, 4.69) is 11.8 Å². The van der Waals surface area contributed by atoms with E-state index in [-0.39, 0.29) is 0 Å². The highest BCUT2D eigenvalue weighted by Gasteiger charge is 2.25. The van der Waals surface area contributed by atoms with E-state index in [0.29, 0.717) is 17.9 Å². The molecule has 0 aromatic heterocycles. The third-order valence-electron chi connectivity index (χ3n) is 3.45. The quantitative estimate of drug-likeness (QED) is 0.410. The van der Waals surface area contributed by atoms with Crippen LogP contribution >= 0.6 is 0 Å². The van der Waals surface area contributed by atoms with Crippen molar-refractivity contribution in [2.24, 2.45) is 11.7 Å². The molecule has 0 aromatic carbocycles. The molecule has 2 atom stereocenters. The van der Waals surface area contributed by atoms with Gasteiger partial charge in [-0.25, -0.2) is 0 Å². The molecule has 2 unspecified atom stereocenters. The topological polar surface area (TPSA) is 62.3 Å². The minimum absolute atomic E-state index is 0.307. The molecule has 16 heavy (non-hydrogen) atoms. The van der Waals surface area contributed by atoms with Crippen LogP contribution in [0.5, 0.6) is 0 Å². The Morgan fingerprint density at radius 3 is 2.88 bits per heavy atom. The first-order chi connectivity index (χ1) is 7.63. The summed E-state index contributed by atoms with van der Waals surface area (Å²) in [6.45, 7) is 5.61. The maximum absolute atomic E-state index is 7.15. The van der Waals surface area contributed by atoms with Crippen LogP contribution in [0.1, 0.15) is 32.6 Å². The molecular weight excluding hydrogens is 202 g/mol. The minimum Gasteiger partial charge on any atom is -0.388 e. The number of nitrogens with zero attached hydrogens (tertiary/aromatic N) is 1. The first-order valence-electron chi connectivity index (χ1n) is 6.21. The van der Waals surface area contributed by atoms with Gasteiger partial charge in [-0.15, -0.1) is 0 Å². The van der Waals surface area contributed by atoms with E-state index in [1.165, 1.54) is 13.0 Å². The Kier molecular flexibility index (Phi) is 5.77. The molecule has 0 aromatic rings. The van der Waals surface area contributed by atoms with Crippen LogP contribution in [-0.2, 0) is 4.74 Å². The van der Waals surface area contributed by atoms with Gasteiger partial charge in [0.1, 0.15) is 0 Å². The second-order valence-electron chi connectivity index (χ2n) is 4.82. The van der Waals surface area contributed by atoms with Gasteiger partial charge in [0.2, 0.25) is 0 Å². The molecule has 3 N–H and O–H groups in total. The van der Waals surface area contributed by atoms with Crippen molar-refractivity contribution in [1.82, 2.24) is 4.90 Å². The van der Waals surface area contributed by atoms with Crippen molar-refractivity contribution in [1.29, 1.82) is 5.41 Å². The Morgan fingerprint density at radius 1 is 1.50 bits per heavy atom. The second kappa shape index (κ2) is 6.86. The predicted octanol–water partition coefficient (Wildman–Crippen LogP) is 1.45. The van der Waals surface area contributed by atoms with Gasteiger partial charge in [-0.2, -0.15) is 0 Å². The van der Waals surface area contributed by atoms with Gasteiger partial charge in [0.25, 0.3) is 0 Å². The Balaban J connectivity index is 2.15. The largest absolute Gasteiger partial charge is 0.388 e. The molecular formula is C12H25N3O. The molecule has 1 saturated heterocycles. The Labute approximate surface area is 98.6 Å². The van der Waals surface area contributed by atoms with E-state index in [4.69, 9.17) is 15.9 Å². The Morgan fingerprint density at radius 2 is 2.25 bits per heavy atom. The van der Waals surface area contributed by atoms with Crippen LogP contribution in [0, 0.1) is 11.3 Å². The number of piperidine rings is 1. The molecule has 0 amide bonds. The van der Waals surface area contributed by atoms with Crippen LogP contribution in [0.4, 0.5) is 0 Å². The molecule has 1 rings (SSSR count). The van der Waals surface area contributed by atoms with Gasteiger partial charge in [-0.3, -0.25) is 5.41 Å². The Bertz CT molecular complexity index is 220. The first-order valence-corrected chi connectivity index (χ1v) is 6.21. The number of unbranched alkanes of at least 4 members (excludes halogenated alkanes) is 1. The van der Waals surface area contributed by atoms with Gasteiger partial charge < -0.3 is 15.4 Å². The molecule has 4 nitrogen and oxygen atoms in total. The number of hydrogen-bond acceptors (Lipinski definition) is 3. The minimum atomic E-state index is 0.307. The molecule has 1 fully saturated rings. The summed E-state index contributed by atoms with van der Waals surface area (Å²) >= 11 is 0. The number of methoxy groups -OCH3 is 1. The van der Waals surface area contributed by atoms with Crippen LogP contribution in [0.2, 0.25) is 0 Å².